The van der Waals surface area contributed by atoms with E-state index in [1.54, 1.807) is 12.1 Å². The lowest BCUT2D eigenvalue weighted by molar-refractivity contribution is -0.144. The minimum Gasteiger partial charge on any atom is -0.369 e. The molecule has 3 aromatic rings. The number of rotatable bonds is 2. The minimum absolute atomic E-state index is 0.00244. The Morgan fingerprint density at radius 3 is 2.33 bits per heavy atom. The lowest BCUT2D eigenvalue weighted by atomic mass is 10.2. The van der Waals surface area contributed by atoms with Crippen LogP contribution in [0.1, 0.15) is 35.8 Å². The summed E-state index contributed by atoms with van der Waals surface area (Å²) in [6.07, 6.45) is -3.00. The first kappa shape index (κ1) is 14.9. The number of halogens is 3. The summed E-state index contributed by atoms with van der Waals surface area (Å²) in [7, 11) is 0. The molecule has 8 heteroatoms. The molecule has 4 rings (SSSR count). The lowest BCUT2D eigenvalue weighted by Crippen LogP contribution is -2.13. The molecular weight excluding hydrogens is 319 g/mol. The lowest BCUT2D eigenvalue weighted by Gasteiger charge is -2.10. The molecule has 0 saturated heterocycles. The van der Waals surface area contributed by atoms with Crippen LogP contribution in [-0.2, 0) is 6.18 Å². The van der Waals surface area contributed by atoms with Gasteiger partial charge in [0.1, 0.15) is 5.52 Å². The summed E-state index contributed by atoms with van der Waals surface area (Å²) in [6, 6.07) is 7.26. The van der Waals surface area contributed by atoms with Crippen molar-refractivity contribution in [2.24, 2.45) is 0 Å². The van der Waals surface area contributed by atoms with Crippen LogP contribution in [0.5, 0.6) is 0 Å². The van der Waals surface area contributed by atoms with Crippen LogP contribution in [0.15, 0.2) is 24.3 Å². The second-order valence-corrected chi connectivity index (χ2v) is 6.02. The largest absolute Gasteiger partial charge is 0.451 e. The molecule has 1 saturated carbocycles. The van der Waals surface area contributed by atoms with E-state index in [4.69, 9.17) is 5.73 Å². The number of imidazole rings is 1. The molecule has 0 aliphatic heterocycles. The Morgan fingerprint density at radius 2 is 1.75 bits per heavy atom. The second kappa shape index (κ2) is 4.93. The van der Waals surface area contributed by atoms with E-state index in [1.165, 1.54) is 4.57 Å². The third-order valence-electron chi connectivity index (χ3n) is 4.07. The van der Waals surface area contributed by atoms with Crippen molar-refractivity contribution in [3.8, 4) is 5.69 Å². The third-order valence-corrected chi connectivity index (χ3v) is 4.07. The van der Waals surface area contributed by atoms with Crippen molar-refractivity contribution in [3.05, 3.63) is 41.3 Å². The van der Waals surface area contributed by atoms with Crippen LogP contribution < -0.4 is 5.73 Å². The summed E-state index contributed by atoms with van der Waals surface area (Å²) >= 11 is 0. The molecule has 1 fully saturated rings. The molecule has 0 atom stereocenters. The Hall–Kier alpha value is -2.64. The first-order valence-electron chi connectivity index (χ1n) is 7.54. The zero-order valence-electron chi connectivity index (χ0n) is 12.8. The molecule has 1 aliphatic carbocycles. The summed E-state index contributed by atoms with van der Waals surface area (Å²) in [6.45, 7) is 1.92. The summed E-state index contributed by atoms with van der Waals surface area (Å²) in [5, 5.41) is 0. The van der Waals surface area contributed by atoms with Crippen LogP contribution in [0.25, 0.3) is 16.9 Å². The van der Waals surface area contributed by atoms with Crippen molar-refractivity contribution in [2.45, 2.75) is 31.9 Å². The first-order valence-corrected chi connectivity index (χ1v) is 7.54. The average Bonchev–Trinajstić information content (AvgIpc) is 3.29. The third kappa shape index (κ3) is 2.38. The predicted molar refractivity (Wildman–Crippen MR) is 82.8 cm³/mol. The van der Waals surface area contributed by atoms with E-state index >= 15 is 0 Å². The fourth-order valence-electron chi connectivity index (χ4n) is 2.71. The molecule has 24 heavy (non-hydrogen) atoms. The number of nitrogens with zero attached hydrogens (tertiary/aromatic N) is 4. The standard InChI is InChI=1S/C16H14F3N5/c1-8-2-6-10(7-3-8)24-13-12(22-15(24)20)11(9-4-5-9)21-14(23-13)16(17,18)19/h2-3,6-7,9H,4-5H2,1H3,(H2,20,22). The van der Waals surface area contributed by atoms with E-state index in [0.29, 0.717) is 16.9 Å². The molecule has 1 aromatic carbocycles. The van der Waals surface area contributed by atoms with Crippen LogP contribution in [0.4, 0.5) is 19.1 Å². The summed E-state index contributed by atoms with van der Waals surface area (Å²) in [4.78, 5) is 11.7. The van der Waals surface area contributed by atoms with E-state index in [9.17, 15) is 13.2 Å². The van der Waals surface area contributed by atoms with Crippen LogP contribution in [-0.4, -0.2) is 19.5 Å². The van der Waals surface area contributed by atoms with Crippen LogP contribution in [0.2, 0.25) is 0 Å². The fraction of sp³-hybridized carbons (Fsp3) is 0.312. The molecule has 2 N–H and O–H groups in total. The van der Waals surface area contributed by atoms with Gasteiger partial charge in [0.25, 0.3) is 0 Å². The quantitative estimate of drug-likeness (QED) is 0.778. The van der Waals surface area contributed by atoms with Crippen molar-refractivity contribution in [3.63, 3.8) is 0 Å². The van der Waals surface area contributed by atoms with Crippen LogP contribution in [0, 0.1) is 6.92 Å². The number of nitrogen functional groups attached to an aromatic ring is 1. The van der Waals surface area contributed by atoms with E-state index in [1.807, 2.05) is 19.1 Å². The van der Waals surface area contributed by atoms with Crippen molar-refractivity contribution in [1.82, 2.24) is 19.5 Å². The van der Waals surface area contributed by atoms with Crippen LogP contribution in [0.3, 0.4) is 0 Å². The number of hydrogen-bond donors (Lipinski definition) is 1. The normalized spacial score (nSPS) is 15.2. The van der Waals surface area contributed by atoms with Crippen molar-refractivity contribution in [2.75, 3.05) is 5.73 Å². The van der Waals surface area contributed by atoms with Crippen LogP contribution >= 0.6 is 0 Å². The molecule has 2 heterocycles. The molecule has 0 amide bonds. The number of alkyl halides is 3. The van der Waals surface area contributed by atoms with Crippen molar-refractivity contribution < 1.29 is 13.2 Å². The van der Waals surface area contributed by atoms with E-state index in [2.05, 4.69) is 15.0 Å². The van der Waals surface area contributed by atoms with E-state index in [-0.39, 0.29) is 17.5 Å². The van der Waals surface area contributed by atoms with Gasteiger partial charge in [0.2, 0.25) is 11.8 Å². The van der Waals surface area contributed by atoms with Gasteiger partial charge < -0.3 is 5.73 Å². The highest BCUT2D eigenvalue weighted by Crippen LogP contribution is 2.43. The number of anilines is 1. The smallest absolute Gasteiger partial charge is 0.369 e. The van der Waals surface area contributed by atoms with Crippen molar-refractivity contribution >= 4 is 17.1 Å². The number of hydrogen-bond acceptors (Lipinski definition) is 4. The molecular formula is C16H14F3N5. The maximum absolute atomic E-state index is 13.2. The van der Waals surface area contributed by atoms with Gasteiger partial charge in [-0.25, -0.2) is 15.0 Å². The maximum Gasteiger partial charge on any atom is 0.451 e. The Bertz CT molecular complexity index is 924. The zero-order valence-corrected chi connectivity index (χ0v) is 12.8. The number of aryl methyl sites for hydroxylation is 1. The molecule has 0 spiro atoms. The Morgan fingerprint density at radius 1 is 1.08 bits per heavy atom. The average molecular weight is 333 g/mol. The predicted octanol–water partition coefficient (Wildman–Crippen LogP) is 3.60. The van der Waals surface area contributed by atoms with Gasteiger partial charge >= 0.3 is 6.18 Å². The number of benzene rings is 1. The first-order chi connectivity index (χ1) is 11.3. The molecule has 124 valence electrons. The van der Waals surface area contributed by atoms with E-state index in [0.717, 1.165) is 18.4 Å². The Kier molecular flexibility index (Phi) is 3.06. The van der Waals surface area contributed by atoms with E-state index < -0.39 is 12.0 Å². The fourth-order valence-corrected chi connectivity index (χ4v) is 2.71. The maximum atomic E-state index is 13.2. The zero-order chi connectivity index (χ0) is 17.1. The van der Waals surface area contributed by atoms with Gasteiger partial charge in [-0.1, -0.05) is 17.7 Å². The SMILES string of the molecule is Cc1ccc(-n2c(N)nc3c(C4CC4)nc(C(F)(F)F)nc32)cc1. The van der Waals surface area contributed by atoms with Crippen molar-refractivity contribution in [1.29, 1.82) is 0 Å². The highest BCUT2D eigenvalue weighted by atomic mass is 19.4. The summed E-state index contributed by atoms with van der Waals surface area (Å²) < 4.78 is 41.0. The molecule has 0 radical (unpaired) electrons. The molecule has 5 nitrogen and oxygen atoms in total. The highest BCUT2D eigenvalue weighted by Gasteiger charge is 2.39. The molecule has 2 aromatic heterocycles. The Labute approximate surface area is 135 Å². The second-order valence-electron chi connectivity index (χ2n) is 6.02. The minimum atomic E-state index is -4.62. The van der Waals surface area contributed by atoms with Gasteiger partial charge in [0.05, 0.1) is 11.4 Å². The molecule has 0 bridgehead atoms. The number of aromatic nitrogens is 4. The van der Waals surface area contributed by atoms with Gasteiger partial charge in [0, 0.05) is 5.92 Å². The highest BCUT2D eigenvalue weighted by molar-refractivity contribution is 5.80. The summed E-state index contributed by atoms with van der Waals surface area (Å²) in [5.41, 5.74) is 8.41. The topological polar surface area (TPSA) is 69.6 Å². The summed E-state index contributed by atoms with van der Waals surface area (Å²) in [5.74, 6) is -1.05. The molecule has 0 unspecified atom stereocenters. The number of nitrogens with two attached hydrogens (primary N) is 1. The van der Waals surface area contributed by atoms with Gasteiger partial charge in [-0.15, -0.1) is 0 Å². The monoisotopic (exact) mass is 333 g/mol. The number of fused-ring (bicyclic) bond motifs is 1. The van der Waals surface area contributed by atoms with Gasteiger partial charge in [0.15, 0.2) is 5.65 Å². The van der Waals surface area contributed by atoms with Gasteiger partial charge in [-0.3, -0.25) is 4.57 Å². The van der Waals surface area contributed by atoms with Gasteiger partial charge in [-0.05, 0) is 31.9 Å². The Balaban J connectivity index is 2.02. The van der Waals surface area contributed by atoms with Gasteiger partial charge in [-0.2, -0.15) is 13.2 Å². The molecule has 1 aliphatic rings.